The van der Waals surface area contributed by atoms with Gasteiger partial charge in [0, 0.05) is 32.7 Å². The third kappa shape index (κ3) is 3.96. The number of hydrogen-bond acceptors (Lipinski definition) is 3. The monoisotopic (exact) mass is 225 g/mol. The van der Waals surface area contributed by atoms with E-state index in [1.54, 1.807) is 0 Å². The van der Waals surface area contributed by atoms with Crippen molar-refractivity contribution in [2.75, 3.05) is 46.8 Å². The molecule has 0 aromatic rings. The van der Waals surface area contributed by atoms with E-state index in [1.165, 1.54) is 11.9 Å². The molecule has 6 heteroatoms. The highest BCUT2D eigenvalue weighted by Crippen LogP contribution is 2.23. The van der Waals surface area contributed by atoms with Crippen LogP contribution in [0.4, 0.5) is 13.2 Å². The Balaban J connectivity index is 2.61. The molecule has 0 aromatic heterocycles. The van der Waals surface area contributed by atoms with Crippen molar-refractivity contribution in [3.8, 4) is 0 Å². The average molecular weight is 225 g/mol. The van der Waals surface area contributed by atoms with E-state index in [2.05, 4.69) is 5.32 Å². The van der Waals surface area contributed by atoms with Crippen molar-refractivity contribution in [3.63, 3.8) is 0 Å². The van der Waals surface area contributed by atoms with Crippen molar-refractivity contribution in [3.05, 3.63) is 0 Å². The van der Waals surface area contributed by atoms with E-state index < -0.39 is 12.2 Å². The molecule has 1 unspecified atom stereocenters. The smallest absolute Gasteiger partial charge is 0.314 e. The second-order valence-corrected chi connectivity index (χ2v) is 4.05. The molecule has 90 valence electrons. The maximum atomic E-state index is 12.6. The van der Waals surface area contributed by atoms with Crippen LogP contribution in [-0.4, -0.2) is 68.8 Å². The zero-order valence-electron chi connectivity index (χ0n) is 9.14. The Morgan fingerprint density at radius 3 is 2.40 bits per heavy atom. The minimum absolute atomic E-state index is 0.0200. The maximum Gasteiger partial charge on any atom is 0.405 e. The van der Waals surface area contributed by atoms with E-state index in [-0.39, 0.29) is 6.54 Å². The standard InChI is InChI=1S/C9H18F3N3/c1-14-4-3-13-7-8(9(10,11)12)15(2)6-5-14/h8,13H,3-7H2,1-2H3. The highest BCUT2D eigenvalue weighted by molar-refractivity contribution is 4.81. The Bertz CT molecular complexity index is 196. The Labute approximate surface area is 88.2 Å². The van der Waals surface area contributed by atoms with Crippen LogP contribution in [0.1, 0.15) is 0 Å². The highest BCUT2D eigenvalue weighted by atomic mass is 19.4. The molecule has 0 amide bonds. The van der Waals surface area contributed by atoms with E-state index in [0.717, 1.165) is 6.54 Å². The van der Waals surface area contributed by atoms with E-state index in [4.69, 9.17) is 0 Å². The first-order chi connectivity index (χ1) is 6.91. The molecule has 1 N–H and O–H groups in total. The lowest BCUT2D eigenvalue weighted by atomic mass is 10.2. The molecular weight excluding hydrogens is 207 g/mol. The fraction of sp³-hybridized carbons (Fsp3) is 1.00. The average Bonchev–Trinajstić information content (AvgIpc) is 2.18. The molecule has 1 atom stereocenters. The summed E-state index contributed by atoms with van der Waals surface area (Å²) in [4.78, 5) is 3.40. The number of halogens is 3. The first-order valence-electron chi connectivity index (χ1n) is 5.07. The molecule has 15 heavy (non-hydrogen) atoms. The molecule has 0 radical (unpaired) electrons. The second kappa shape index (κ2) is 5.14. The quantitative estimate of drug-likeness (QED) is 0.643. The molecule has 0 bridgehead atoms. The number of rotatable bonds is 0. The van der Waals surface area contributed by atoms with Crippen LogP contribution in [0.25, 0.3) is 0 Å². The lowest BCUT2D eigenvalue weighted by Crippen LogP contribution is -2.50. The van der Waals surface area contributed by atoms with Crippen LogP contribution >= 0.6 is 0 Å². The number of alkyl halides is 3. The summed E-state index contributed by atoms with van der Waals surface area (Å²) in [6, 6.07) is -1.37. The fourth-order valence-electron chi connectivity index (χ4n) is 1.63. The van der Waals surface area contributed by atoms with Gasteiger partial charge in [-0.25, -0.2) is 0 Å². The van der Waals surface area contributed by atoms with Crippen molar-refractivity contribution in [1.29, 1.82) is 0 Å². The lowest BCUT2D eigenvalue weighted by molar-refractivity contribution is -0.178. The van der Waals surface area contributed by atoms with Gasteiger partial charge < -0.3 is 10.2 Å². The number of nitrogens with zero attached hydrogens (tertiary/aromatic N) is 2. The van der Waals surface area contributed by atoms with Gasteiger partial charge in [0.2, 0.25) is 0 Å². The van der Waals surface area contributed by atoms with Crippen LogP contribution in [0.15, 0.2) is 0 Å². The predicted molar refractivity (Wildman–Crippen MR) is 52.8 cm³/mol. The van der Waals surface area contributed by atoms with Crippen LogP contribution in [0.2, 0.25) is 0 Å². The molecule has 1 rings (SSSR count). The summed E-state index contributed by atoms with van der Waals surface area (Å²) in [5.41, 5.74) is 0. The van der Waals surface area contributed by atoms with Gasteiger partial charge >= 0.3 is 6.18 Å². The SMILES string of the molecule is CN1CCNCC(C(F)(F)F)N(C)CC1. The lowest BCUT2D eigenvalue weighted by Gasteiger charge is -2.29. The van der Waals surface area contributed by atoms with Gasteiger partial charge in [-0.3, -0.25) is 4.90 Å². The van der Waals surface area contributed by atoms with Crippen LogP contribution in [-0.2, 0) is 0 Å². The molecule has 0 aliphatic carbocycles. The molecule has 3 nitrogen and oxygen atoms in total. The first kappa shape index (κ1) is 12.7. The van der Waals surface area contributed by atoms with Gasteiger partial charge in [-0.2, -0.15) is 13.2 Å². The van der Waals surface area contributed by atoms with Gasteiger partial charge in [-0.1, -0.05) is 0 Å². The van der Waals surface area contributed by atoms with Crippen molar-refractivity contribution in [1.82, 2.24) is 15.1 Å². The van der Waals surface area contributed by atoms with Crippen molar-refractivity contribution in [2.24, 2.45) is 0 Å². The predicted octanol–water partition coefficient (Wildman–Crippen LogP) is 0.384. The molecule has 1 aliphatic rings. The molecule has 0 spiro atoms. The second-order valence-electron chi connectivity index (χ2n) is 4.05. The fourth-order valence-corrected chi connectivity index (χ4v) is 1.63. The minimum atomic E-state index is -4.15. The Hall–Kier alpha value is -0.330. The van der Waals surface area contributed by atoms with Crippen LogP contribution < -0.4 is 5.32 Å². The highest BCUT2D eigenvalue weighted by Gasteiger charge is 2.41. The van der Waals surface area contributed by atoms with Gasteiger partial charge in [0.1, 0.15) is 6.04 Å². The Morgan fingerprint density at radius 2 is 1.80 bits per heavy atom. The molecule has 1 saturated heterocycles. The third-order valence-corrected chi connectivity index (χ3v) is 2.75. The van der Waals surface area contributed by atoms with Crippen LogP contribution in [0.5, 0.6) is 0 Å². The maximum absolute atomic E-state index is 12.6. The molecule has 0 saturated carbocycles. The van der Waals surface area contributed by atoms with Gasteiger partial charge in [-0.05, 0) is 14.1 Å². The summed E-state index contributed by atoms with van der Waals surface area (Å²) < 4.78 is 37.9. The van der Waals surface area contributed by atoms with Crippen LogP contribution in [0, 0.1) is 0 Å². The van der Waals surface area contributed by atoms with Crippen molar-refractivity contribution in [2.45, 2.75) is 12.2 Å². The molecule has 0 aromatic carbocycles. The number of likely N-dealkylation sites (N-methyl/N-ethyl adjacent to an activating group) is 2. The van der Waals surface area contributed by atoms with Crippen molar-refractivity contribution < 1.29 is 13.2 Å². The van der Waals surface area contributed by atoms with Crippen LogP contribution in [0.3, 0.4) is 0 Å². The third-order valence-electron chi connectivity index (χ3n) is 2.75. The van der Waals surface area contributed by atoms with Gasteiger partial charge in [0.15, 0.2) is 0 Å². The first-order valence-corrected chi connectivity index (χ1v) is 5.07. The Kier molecular flexibility index (Phi) is 4.36. The summed E-state index contributed by atoms with van der Waals surface area (Å²) in [6.45, 7) is 2.50. The number of hydrogen-bond donors (Lipinski definition) is 1. The van der Waals surface area contributed by atoms with Gasteiger partial charge in [0.05, 0.1) is 0 Å². The van der Waals surface area contributed by atoms with E-state index in [1.807, 2.05) is 11.9 Å². The Morgan fingerprint density at radius 1 is 1.13 bits per heavy atom. The summed E-state index contributed by atoms with van der Waals surface area (Å²) in [7, 11) is 3.45. The number of nitrogens with one attached hydrogen (secondary N) is 1. The zero-order chi connectivity index (χ0) is 11.5. The molecule has 1 heterocycles. The summed E-state index contributed by atoms with van der Waals surface area (Å²) in [5.74, 6) is 0. The molecule has 1 aliphatic heterocycles. The van der Waals surface area contributed by atoms with Crippen molar-refractivity contribution >= 4 is 0 Å². The van der Waals surface area contributed by atoms with Gasteiger partial charge in [-0.15, -0.1) is 0 Å². The summed E-state index contributed by atoms with van der Waals surface area (Å²) in [5, 5.41) is 2.84. The van der Waals surface area contributed by atoms with E-state index in [9.17, 15) is 13.2 Å². The topological polar surface area (TPSA) is 18.5 Å². The van der Waals surface area contributed by atoms with E-state index in [0.29, 0.717) is 19.6 Å². The van der Waals surface area contributed by atoms with E-state index >= 15 is 0 Å². The molecule has 1 fully saturated rings. The summed E-state index contributed by atoms with van der Waals surface area (Å²) in [6.07, 6.45) is -4.15. The minimum Gasteiger partial charge on any atom is -0.314 e. The van der Waals surface area contributed by atoms with Gasteiger partial charge in [0.25, 0.3) is 0 Å². The molecular formula is C9H18F3N3. The normalized spacial score (nSPS) is 28.2. The largest absolute Gasteiger partial charge is 0.405 e. The zero-order valence-corrected chi connectivity index (χ0v) is 9.14. The summed E-state index contributed by atoms with van der Waals surface area (Å²) >= 11 is 0.